The number of fused-ring (bicyclic) bond motifs is 1. The maximum absolute atomic E-state index is 5.43. The Morgan fingerprint density at radius 1 is 1.13 bits per heavy atom. The number of pyridine rings is 1. The smallest absolute Gasteiger partial charge is 0.239 e. The molecule has 5 heteroatoms. The average molecular weight is 327 g/mol. The lowest BCUT2D eigenvalue weighted by Crippen LogP contribution is -2.13. The molecule has 0 saturated heterocycles. The van der Waals surface area contributed by atoms with Crippen LogP contribution in [0.3, 0.4) is 0 Å². The molecule has 4 nitrogen and oxygen atoms in total. The summed E-state index contributed by atoms with van der Waals surface area (Å²) >= 11 is 1.64. The van der Waals surface area contributed by atoms with Crippen LogP contribution in [0.1, 0.15) is 50.2 Å². The van der Waals surface area contributed by atoms with E-state index in [-0.39, 0.29) is 10.7 Å². The topological polar surface area (TPSA) is 51.8 Å². The normalized spacial score (nSPS) is 13.4. The summed E-state index contributed by atoms with van der Waals surface area (Å²) in [5.41, 5.74) is 2.14. The van der Waals surface area contributed by atoms with Crippen LogP contribution in [0.5, 0.6) is 0 Å². The number of hydrogen-bond donors (Lipinski definition) is 0. The molecule has 0 radical (unpaired) electrons. The predicted molar refractivity (Wildman–Crippen MR) is 93.8 cm³/mol. The highest BCUT2D eigenvalue weighted by atomic mass is 32.2. The van der Waals surface area contributed by atoms with Gasteiger partial charge in [0.1, 0.15) is 0 Å². The van der Waals surface area contributed by atoms with Gasteiger partial charge in [-0.2, -0.15) is 4.98 Å². The van der Waals surface area contributed by atoms with E-state index < -0.39 is 0 Å². The first-order chi connectivity index (χ1) is 10.8. The van der Waals surface area contributed by atoms with E-state index in [1.54, 1.807) is 11.8 Å². The number of benzene rings is 1. The zero-order valence-electron chi connectivity index (χ0n) is 14.1. The van der Waals surface area contributed by atoms with Crippen molar-refractivity contribution in [1.29, 1.82) is 0 Å². The minimum absolute atomic E-state index is 0.0617. The van der Waals surface area contributed by atoms with E-state index >= 15 is 0 Å². The molecule has 2 aromatic heterocycles. The fraction of sp³-hybridized carbons (Fsp3) is 0.389. The van der Waals surface area contributed by atoms with Crippen molar-refractivity contribution in [1.82, 2.24) is 15.1 Å². The highest BCUT2D eigenvalue weighted by molar-refractivity contribution is 7.99. The van der Waals surface area contributed by atoms with Crippen LogP contribution < -0.4 is 0 Å². The van der Waals surface area contributed by atoms with Gasteiger partial charge in [0.15, 0.2) is 5.82 Å². The van der Waals surface area contributed by atoms with Crippen LogP contribution in [0, 0.1) is 6.92 Å². The number of aromatic nitrogens is 3. The molecule has 3 aromatic rings. The fourth-order valence-corrected chi connectivity index (χ4v) is 3.27. The lowest BCUT2D eigenvalue weighted by atomic mass is 9.96. The van der Waals surface area contributed by atoms with E-state index in [2.05, 4.69) is 56.9 Å². The molecule has 1 aromatic carbocycles. The molecule has 0 saturated carbocycles. The minimum atomic E-state index is -0.107. The zero-order valence-corrected chi connectivity index (χ0v) is 14.9. The molecule has 0 bridgehead atoms. The van der Waals surface area contributed by atoms with Crippen molar-refractivity contribution in [2.75, 3.05) is 0 Å². The van der Waals surface area contributed by atoms with Crippen molar-refractivity contribution in [3.63, 3.8) is 0 Å². The van der Waals surface area contributed by atoms with E-state index in [0.29, 0.717) is 5.89 Å². The Balaban J connectivity index is 1.85. The van der Waals surface area contributed by atoms with E-state index in [9.17, 15) is 0 Å². The maximum Gasteiger partial charge on any atom is 0.239 e. The molecular formula is C18H21N3OS. The van der Waals surface area contributed by atoms with Crippen LogP contribution in [0.25, 0.3) is 10.9 Å². The molecule has 0 aliphatic rings. The minimum Gasteiger partial charge on any atom is -0.338 e. The Morgan fingerprint density at radius 3 is 2.57 bits per heavy atom. The van der Waals surface area contributed by atoms with E-state index in [0.717, 1.165) is 16.4 Å². The number of hydrogen-bond acceptors (Lipinski definition) is 5. The molecule has 1 atom stereocenters. The molecule has 0 spiro atoms. The standard InChI is InChI=1S/C18H21N3OS/c1-11-10-15(19-14-9-7-6-8-13(11)14)23-12(2)16-20-17(21-22-16)18(3,4)5/h6-10,12H,1-5H3/t12-/m0/s1. The Labute approximate surface area is 140 Å². The first-order valence-corrected chi connectivity index (χ1v) is 8.59. The molecule has 0 amide bonds. The summed E-state index contributed by atoms with van der Waals surface area (Å²) in [5.74, 6) is 1.38. The molecule has 120 valence electrons. The summed E-state index contributed by atoms with van der Waals surface area (Å²) in [5, 5.41) is 6.33. The van der Waals surface area contributed by atoms with Gasteiger partial charge in [-0.3, -0.25) is 0 Å². The Hall–Kier alpha value is -1.88. The summed E-state index contributed by atoms with van der Waals surface area (Å²) in [6.07, 6.45) is 0. The predicted octanol–water partition coefficient (Wildman–Crippen LogP) is 5.08. The van der Waals surface area contributed by atoms with Crippen LogP contribution >= 0.6 is 11.8 Å². The van der Waals surface area contributed by atoms with Crippen molar-refractivity contribution < 1.29 is 4.52 Å². The van der Waals surface area contributed by atoms with Gasteiger partial charge in [-0.15, -0.1) is 0 Å². The second-order valence-corrected chi connectivity index (χ2v) is 8.12. The van der Waals surface area contributed by atoms with Crippen molar-refractivity contribution in [3.8, 4) is 0 Å². The van der Waals surface area contributed by atoms with Gasteiger partial charge in [-0.25, -0.2) is 4.98 Å². The molecule has 0 aliphatic carbocycles. The van der Waals surface area contributed by atoms with Gasteiger partial charge in [0, 0.05) is 10.8 Å². The van der Waals surface area contributed by atoms with Gasteiger partial charge in [-0.1, -0.05) is 55.9 Å². The number of nitrogens with zero attached hydrogens (tertiary/aromatic N) is 3. The van der Waals surface area contributed by atoms with Crippen molar-refractivity contribution in [2.45, 2.75) is 50.3 Å². The largest absolute Gasteiger partial charge is 0.338 e. The van der Waals surface area contributed by atoms with Crippen LogP contribution in [-0.4, -0.2) is 15.1 Å². The Bertz CT molecular complexity index is 836. The molecular weight excluding hydrogens is 306 g/mol. The fourth-order valence-electron chi connectivity index (χ4n) is 2.32. The summed E-state index contributed by atoms with van der Waals surface area (Å²) in [6.45, 7) is 10.4. The summed E-state index contributed by atoms with van der Waals surface area (Å²) in [6, 6.07) is 10.3. The van der Waals surface area contributed by atoms with Crippen molar-refractivity contribution in [2.24, 2.45) is 0 Å². The van der Waals surface area contributed by atoms with E-state index in [1.165, 1.54) is 10.9 Å². The second-order valence-electron chi connectivity index (χ2n) is 6.76. The van der Waals surface area contributed by atoms with Gasteiger partial charge in [0.25, 0.3) is 0 Å². The number of aryl methyl sites for hydroxylation is 1. The van der Waals surface area contributed by atoms with Gasteiger partial charge in [-0.05, 0) is 31.5 Å². The summed E-state index contributed by atoms with van der Waals surface area (Å²) < 4.78 is 5.43. The first-order valence-electron chi connectivity index (χ1n) is 7.72. The lowest BCUT2D eigenvalue weighted by Gasteiger charge is -2.11. The first kappa shape index (κ1) is 16.0. The molecule has 0 unspecified atom stereocenters. The molecule has 0 N–H and O–H groups in total. The molecule has 23 heavy (non-hydrogen) atoms. The quantitative estimate of drug-likeness (QED) is 0.628. The zero-order chi connectivity index (χ0) is 16.6. The number of thioether (sulfide) groups is 1. The van der Waals surface area contributed by atoms with E-state index in [4.69, 9.17) is 9.51 Å². The third-order valence-corrected chi connectivity index (χ3v) is 4.66. The highest BCUT2D eigenvalue weighted by Gasteiger charge is 2.23. The molecule has 3 rings (SSSR count). The van der Waals surface area contributed by atoms with Gasteiger partial charge in [0.2, 0.25) is 5.89 Å². The third-order valence-electron chi connectivity index (χ3n) is 3.66. The lowest BCUT2D eigenvalue weighted by molar-refractivity contribution is 0.364. The summed E-state index contributed by atoms with van der Waals surface area (Å²) in [4.78, 5) is 9.27. The maximum atomic E-state index is 5.43. The monoisotopic (exact) mass is 327 g/mol. The number of rotatable bonds is 3. The Morgan fingerprint density at radius 2 is 1.87 bits per heavy atom. The van der Waals surface area contributed by atoms with E-state index in [1.807, 2.05) is 18.2 Å². The molecule has 0 fully saturated rings. The number of para-hydroxylation sites is 1. The molecule has 2 heterocycles. The van der Waals surface area contributed by atoms with Crippen LogP contribution in [-0.2, 0) is 5.41 Å². The van der Waals surface area contributed by atoms with Crippen LogP contribution in [0.15, 0.2) is 39.9 Å². The molecule has 0 aliphatic heterocycles. The van der Waals surface area contributed by atoms with Gasteiger partial charge >= 0.3 is 0 Å². The van der Waals surface area contributed by atoms with Crippen molar-refractivity contribution in [3.05, 3.63) is 47.6 Å². The van der Waals surface area contributed by atoms with Gasteiger partial charge in [0.05, 0.1) is 15.8 Å². The van der Waals surface area contributed by atoms with Crippen LogP contribution in [0.4, 0.5) is 0 Å². The highest BCUT2D eigenvalue weighted by Crippen LogP contribution is 2.35. The summed E-state index contributed by atoms with van der Waals surface area (Å²) in [7, 11) is 0. The average Bonchev–Trinajstić information content (AvgIpc) is 2.97. The third kappa shape index (κ3) is 3.39. The SMILES string of the molecule is Cc1cc(S[C@@H](C)c2nc(C(C)(C)C)no2)nc2ccccc12. The van der Waals surface area contributed by atoms with Crippen molar-refractivity contribution >= 4 is 22.7 Å². The Kier molecular flexibility index (Phi) is 4.15. The second kappa shape index (κ2) is 5.96. The van der Waals surface area contributed by atoms with Crippen LogP contribution in [0.2, 0.25) is 0 Å². The van der Waals surface area contributed by atoms with Gasteiger partial charge < -0.3 is 4.52 Å².